The number of aromatic nitrogens is 6. The van der Waals surface area contributed by atoms with Crippen LogP contribution >= 0.6 is 11.6 Å². The minimum Gasteiger partial charge on any atom is -0.362 e. The topological polar surface area (TPSA) is 92.3 Å². The predicted molar refractivity (Wildman–Crippen MR) is 109 cm³/mol. The minimum absolute atomic E-state index is 0.162. The maximum absolute atomic E-state index is 14.4. The second kappa shape index (κ2) is 7.27. The second-order valence-corrected chi connectivity index (χ2v) is 6.81. The zero-order chi connectivity index (χ0) is 20.7. The predicted octanol–water partition coefficient (Wildman–Crippen LogP) is 4.51. The number of anilines is 1. The molecule has 5 rings (SSSR count). The van der Waals surface area contributed by atoms with Crippen LogP contribution in [0.15, 0.2) is 49.1 Å². The number of H-pyrrole nitrogens is 1. The molecule has 2 N–H and O–H groups in total. The first-order valence-corrected chi connectivity index (χ1v) is 9.27. The lowest BCUT2D eigenvalue weighted by Gasteiger charge is -2.13. The molecule has 10 heteroatoms. The van der Waals surface area contributed by atoms with Gasteiger partial charge in [0.1, 0.15) is 17.4 Å². The molecule has 0 unspecified atom stereocenters. The molecule has 0 radical (unpaired) electrons. The van der Waals surface area contributed by atoms with Crippen molar-refractivity contribution in [3.8, 4) is 11.3 Å². The maximum Gasteiger partial charge on any atom is 0.186 e. The van der Waals surface area contributed by atoms with Gasteiger partial charge in [0.25, 0.3) is 0 Å². The summed E-state index contributed by atoms with van der Waals surface area (Å²) >= 11 is 6.34. The number of nitrogens with one attached hydrogen (secondary N) is 2. The third-order valence-electron chi connectivity index (χ3n) is 4.57. The summed E-state index contributed by atoms with van der Waals surface area (Å²) < 4.78 is 28.1. The Hall–Kier alpha value is -3.72. The van der Waals surface area contributed by atoms with Crippen LogP contribution in [0.2, 0.25) is 5.02 Å². The van der Waals surface area contributed by atoms with Crippen LogP contribution in [0.3, 0.4) is 0 Å². The van der Waals surface area contributed by atoms with Gasteiger partial charge >= 0.3 is 0 Å². The summed E-state index contributed by atoms with van der Waals surface area (Å²) in [4.78, 5) is 24.3. The molecule has 0 aliphatic carbocycles. The molecule has 5 aromatic rings. The van der Waals surface area contributed by atoms with Crippen LogP contribution in [0.1, 0.15) is 5.69 Å². The first-order chi connectivity index (χ1) is 14.6. The SMILES string of the molecule is Fc1ccc2nc(CNc3ncnc4[nH]cnc34)c(-c3ccccc3Cl)nc2c1F. The van der Waals surface area contributed by atoms with Gasteiger partial charge in [0, 0.05) is 5.56 Å². The lowest BCUT2D eigenvalue weighted by atomic mass is 10.1. The van der Waals surface area contributed by atoms with Gasteiger partial charge < -0.3 is 10.3 Å². The summed E-state index contributed by atoms with van der Waals surface area (Å²) in [7, 11) is 0. The van der Waals surface area contributed by atoms with Crippen molar-refractivity contribution in [3.05, 3.63) is 71.4 Å². The Labute approximate surface area is 173 Å². The number of nitrogens with zero attached hydrogens (tertiary/aromatic N) is 5. The second-order valence-electron chi connectivity index (χ2n) is 6.40. The van der Waals surface area contributed by atoms with Crippen molar-refractivity contribution >= 4 is 39.6 Å². The van der Waals surface area contributed by atoms with Crippen molar-refractivity contribution in [2.45, 2.75) is 6.54 Å². The van der Waals surface area contributed by atoms with E-state index in [4.69, 9.17) is 11.6 Å². The van der Waals surface area contributed by atoms with Gasteiger partial charge in [-0.15, -0.1) is 0 Å². The molecule has 0 aliphatic rings. The Morgan fingerprint density at radius 1 is 0.967 bits per heavy atom. The fourth-order valence-electron chi connectivity index (χ4n) is 3.15. The van der Waals surface area contributed by atoms with Crippen molar-refractivity contribution in [2.24, 2.45) is 0 Å². The van der Waals surface area contributed by atoms with Crippen molar-refractivity contribution in [1.29, 1.82) is 0 Å². The highest BCUT2D eigenvalue weighted by Crippen LogP contribution is 2.31. The van der Waals surface area contributed by atoms with Crippen LogP contribution in [-0.2, 0) is 6.54 Å². The zero-order valence-electron chi connectivity index (χ0n) is 15.2. The third kappa shape index (κ3) is 3.09. The molecule has 148 valence electrons. The van der Waals surface area contributed by atoms with Crippen molar-refractivity contribution < 1.29 is 8.78 Å². The molecule has 30 heavy (non-hydrogen) atoms. The third-order valence-corrected chi connectivity index (χ3v) is 4.90. The van der Waals surface area contributed by atoms with E-state index in [9.17, 15) is 8.78 Å². The largest absolute Gasteiger partial charge is 0.362 e. The monoisotopic (exact) mass is 423 g/mol. The average molecular weight is 424 g/mol. The molecule has 3 heterocycles. The van der Waals surface area contributed by atoms with E-state index < -0.39 is 11.6 Å². The molecule has 0 saturated heterocycles. The molecule has 0 spiro atoms. The van der Waals surface area contributed by atoms with Crippen LogP contribution in [-0.4, -0.2) is 29.9 Å². The van der Waals surface area contributed by atoms with Crippen molar-refractivity contribution in [3.63, 3.8) is 0 Å². The number of benzene rings is 2. The molecule has 2 aromatic carbocycles. The molecule has 0 atom stereocenters. The van der Waals surface area contributed by atoms with Crippen molar-refractivity contribution in [1.82, 2.24) is 29.9 Å². The highest BCUT2D eigenvalue weighted by molar-refractivity contribution is 6.33. The minimum atomic E-state index is -1.05. The van der Waals surface area contributed by atoms with Gasteiger partial charge in [-0.1, -0.05) is 29.8 Å². The maximum atomic E-state index is 14.4. The lowest BCUT2D eigenvalue weighted by Crippen LogP contribution is -2.08. The zero-order valence-corrected chi connectivity index (χ0v) is 16.0. The van der Waals surface area contributed by atoms with Crippen LogP contribution in [0, 0.1) is 11.6 Å². The Morgan fingerprint density at radius 3 is 2.70 bits per heavy atom. The Morgan fingerprint density at radius 2 is 1.83 bits per heavy atom. The molecule has 0 saturated carbocycles. The van der Waals surface area contributed by atoms with Crippen LogP contribution in [0.5, 0.6) is 0 Å². The van der Waals surface area contributed by atoms with Gasteiger partial charge in [0.2, 0.25) is 0 Å². The molecule has 0 fully saturated rings. The van der Waals surface area contributed by atoms with Crippen LogP contribution in [0.25, 0.3) is 33.5 Å². The highest BCUT2D eigenvalue weighted by atomic mass is 35.5. The summed E-state index contributed by atoms with van der Waals surface area (Å²) in [5.41, 5.74) is 2.61. The van der Waals surface area contributed by atoms with E-state index in [-0.39, 0.29) is 17.6 Å². The molecule has 0 aliphatic heterocycles. The Bertz CT molecular complexity index is 1400. The summed E-state index contributed by atoms with van der Waals surface area (Å²) in [5.74, 6) is -1.55. The van der Waals surface area contributed by atoms with E-state index >= 15 is 0 Å². The van der Waals surface area contributed by atoms with Crippen LogP contribution in [0.4, 0.5) is 14.6 Å². The lowest BCUT2D eigenvalue weighted by molar-refractivity contribution is 0.515. The summed E-state index contributed by atoms with van der Waals surface area (Å²) in [6.07, 6.45) is 2.93. The number of halogens is 3. The van der Waals surface area contributed by atoms with Gasteiger partial charge in [-0.25, -0.2) is 33.7 Å². The standard InChI is InChI=1S/C20H12ClF2N7/c21-11-4-2-1-3-10(11)16-14(29-13-6-5-12(22)15(23)17(13)30-16)7-24-19-18-20(26-8-25-18)28-9-27-19/h1-6,8-9H,7H2,(H2,24,25,26,27,28). The van der Waals surface area contributed by atoms with E-state index in [1.807, 2.05) is 0 Å². The van der Waals surface area contributed by atoms with Crippen molar-refractivity contribution in [2.75, 3.05) is 5.32 Å². The van der Waals surface area contributed by atoms with E-state index in [1.54, 1.807) is 24.3 Å². The molecular weight excluding hydrogens is 412 g/mol. The number of aromatic amines is 1. The van der Waals surface area contributed by atoms with Gasteiger partial charge in [-0.05, 0) is 18.2 Å². The molecule has 0 amide bonds. The fraction of sp³-hybridized carbons (Fsp3) is 0.0500. The van der Waals surface area contributed by atoms with Gasteiger partial charge in [0.05, 0.1) is 34.8 Å². The number of imidazole rings is 1. The van der Waals surface area contributed by atoms with E-state index in [0.717, 1.165) is 6.07 Å². The molecule has 7 nitrogen and oxygen atoms in total. The first kappa shape index (κ1) is 18.3. The smallest absolute Gasteiger partial charge is 0.186 e. The summed E-state index contributed by atoms with van der Waals surface area (Å²) in [6.45, 7) is 0.196. The van der Waals surface area contributed by atoms with Gasteiger partial charge in [-0.3, -0.25) is 0 Å². The van der Waals surface area contributed by atoms with Crippen LogP contribution < -0.4 is 5.32 Å². The number of hydrogen-bond acceptors (Lipinski definition) is 6. The number of fused-ring (bicyclic) bond motifs is 2. The molecular formula is C20H12ClF2N7. The molecule has 0 bridgehead atoms. The summed E-state index contributed by atoms with van der Waals surface area (Å²) in [5, 5.41) is 3.58. The first-order valence-electron chi connectivity index (χ1n) is 8.89. The average Bonchev–Trinajstić information content (AvgIpc) is 3.24. The number of rotatable bonds is 4. The summed E-state index contributed by atoms with van der Waals surface area (Å²) in [6, 6.07) is 9.40. The van der Waals surface area contributed by atoms with E-state index in [1.165, 1.54) is 18.7 Å². The normalized spacial score (nSPS) is 11.3. The fourth-order valence-corrected chi connectivity index (χ4v) is 3.38. The molecule has 3 aromatic heterocycles. The van der Waals surface area contributed by atoms with Gasteiger partial charge in [-0.2, -0.15) is 0 Å². The number of hydrogen-bond donors (Lipinski definition) is 2. The highest BCUT2D eigenvalue weighted by Gasteiger charge is 2.18. The van der Waals surface area contributed by atoms with E-state index in [0.29, 0.717) is 39.0 Å². The Kier molecular flexibility index (Phi) is 4.44. The van der Waals surface area contributed by atoms with Gasteiger partial charge in [0.15, 0.2) is 23.1 Å². The van der Waals surface area contributed by atoms with E-state index in [2.05, 4.69) is 35.2 Å². The quantitative estimate of drug-likeness (QED) is 0.442. The Balaban J connectivity index is 1.64.